The first-order valence-corrected chi connectivity index (χ1v) is 7.61. The molecule has 1 aromatic rings. The summed E-state index contributed by atoms with van der Waals surface area (Å²) in [6, 6.07) is 4.03. The highest BCUT2D eigenvalue weighted by molar-refractivity contribution is 5.00. The van der Waals surface area contributed by atoms with Crippen molar-refractivity contribution < 1.29 is 4.42 Å². The van der Waals surface area contributed by atoms with Crippen molar-refractivity contribution in [1.29, 1.82) is 0 Å². The Labute approximate surface area is 109 Å². The van der Waals surface area contributed by atoms with Crippen molar-refractivity contribution in [1.82, 2.24) is 5.32 Å². The van der Waals surface area contributed by atoms with Gasteiger partial charge in [0.25, 0.3) is 0 Å². The molecular weight excluding hydrogens is 222 g/mol. The average Bonchev–Trinajstić information content (AvgIpc) is 2.85. The molecule has 0 aliphatic heterocycles. The summed E-state index contributed by atoms with van der Waals surface area (Å²) >= 11 is 0. The minimum Gasteiger partial charge on any atom is -0.468 e. The quantitative estimate of drug-likeness (QED) is 0.879. The summed E-state index contributed by atoms with van der Waals surface area (Å²) in [5.74, 6) is 6.27. The van der Waals surface area contributed by atoms with Crippen LogP contribution in [0.4, 0.5) is 0 Å². The first kappa shape index (κ1) is 11.1. The van der Waals surface area contributed by atoms with Crippen molar-refractivity contribution in [2.45, 2.75) is 38.6 Å². The number of nitrogens with one attached hydrogen (secondary N) is 1. The molecule has 1 heterocycles. The summed E-state index contributed by atoms with van der Waals surface area (Å²) in [4.78, 5) is 0. The zero-order chi connectivity index (χ0) is 11.9. The maximum absolute atomic E-state index is 5.38. The number of hydrogen-bond acceptors (Lipinski definition) is 2. The first-order valence-electron chi connectivity index (χ1n) is 7.61. The van der Waals surface area contributed by atoms with Crippen molar-refractivity contribution in [2.75, 3.05) is 6.54 Å². The van der Waals surface area contributed by atoms with Gasteiger partial charge in [0.15, 0.2) is 0 Å². The zero-order valence-corrected chi connectivity index (χ0v) is 11.0. The van der Waals surface area contributed by atoms with Crippen LogP contribution in [0.1, 0.15) is 37.9 Å². The lowest BCUT2D eigenvalue weighted by Gasteiger charge is -2.54. The van der Waals surface area contributed by atoms with Gasteiger partial charge in [-0.2, -0.15) is 0 Å². The van der Waals surface area contributed by atoms with Crippen LogP contribution in [0.5, 0.6) is 0 Å². The number of furan rings is 1. The van der Waals surface area contributed by atoms with Crippen LogP contribution in [-0.2, 0) is 6.54 Å². The highest BCUT2D eigenvalue weighted by Gasteiger charge is 2.47. The fraction of sp³-hybridized carbons (Fsp3) is 0.750. The van der Waals surface area contributed by atoms with Gasteiger partial charge >= 0.3 is 0 Å². The predicted octanol–water partition coefficient (Wildman–Crippen LogP) is 3.44. The zero-order valence-electron chi connectivity index (χ0n) is 11.0. The Morgan fingerprint density at radius 3 is 2.39 bits per heavy atom. The topological polar surface area (TPSA) is 25.2 Å². The molecule has 0 saturated heterocycles. The van der Waals surface area contributed by atoms with E-state index in [-0.39, 0.29) is 0 Å². The first-order chi connectivity index (χ1) is 8.88. The van der Waals surface area contributed by atoms with Gasteiger partial charge in [0.2, 0.25) is 0 Å². The molecule has 4 fully saturated rings. The molecule has 0 unspecified atom stereocenters. The van der Waals surface area contributed by atoms with Gasteiger partial charge in [-0.15, -0.1) is 0 Å². The van der Waals surface area contributed by atoms with Gasteiger partial charge < -0.3 is 9.73 Å². The van der Waals surface area contributed by atoms with Crippen molar-refractivity contribution in [3.63, 3.8) is 0 Å². The second-order valence-electron chi connectivity index (χ2n) is 6.80. The van der Waals surface area contributed by atoms with Gasteiger partial charge in [-0.3, -0.25) is 0 Å². The van der Waals surface area contributed by atoms with Crippen LogP contribution < -0.4 is 5.32 Å². The molecule has 2 heteroatoms. The molecule has 98 valence electrons. The summed E-state index contributed by atoms with van der Waals surface area (Å²) in [5, 5.41) is 3.62. The Kier molecular flexibility index (Phi) is 2.72. The summed E-state index contributed by atoms with van der Waals surface area (Å²) in [7, 11) is 0. The largest absolute Gasteiger partial charge is 0.468 e. The third-order valence-electron chi connectivity index (χ3n) is 5.68. The maximum Gasteiger partial charge on any atom is 0.117 e. The number of rotatable bonds is 4. The third kappa shape index (κ3) is 1.91. The molecule has 0 amide bonds. The lowest BCUT2D eigenvalue weighted by atomic mass is 9.52. The van der Waals surface area contributed by atoms with Gasteiger partial charge in [-0.25, -0.2) is 0 Å². The van der Waals surface area contributed by atoms with E-state index in [4.69, 9.17) is 4.42 Å². The molecule has 1 aromatic heterocycles. The van der Waals surface area contributed by atoms with Gasteiger partial charge in [0, 0.05) is 0 Å². The van der Waals surface area contributed by atoms with Crippen molar-refractivity contribution in [2.24, 2.45) is 29.6 Å². The molecule has 2 nitrogen and oxygen atoms in total. The Morgan fingerprint density at radius 2 is 1.78 bits per heavy atom. The Morgan fingerprint density at radius 1 is 1.06 bits per heavy atom. The standard InChI is InChI=1S/C16H23NO/c1-2-15(18-3-1)9-17-10-16-13-5-11-4-12(7-13)8-14(16)6-11/h1-3,11-14,16-17H,4-10H2. The van der Waals surface area contributed by atoms with E-state index in [1.165, 1.54) is 32.2 Å². The van der Waals surface area contributed by atoms with Gasteiger partial charge in [-0.05, 0) is 80.4 Å². The molecule has 4 aliphatic carbocycles. The Bertz CT molecular complexity index is 369. The second-order valence-corrected chi connectivity index (χ2v) is 6.80. The molecule has 0 radical (unpaired) electrons. The summed E-state index contributed by atoms with van der Waals surface area (Å²) in [6.45, 7) is 2.10. The highest BCUT2D eigenvalue weighted by Crippen LogP contribution is 2.56. The summed E-state index contributed by atoms with van der Waals surface area (Å²) in [6.07, 6.45) is 9.43. The smallest absolute Gasteiger partial charge is 0.117 e. The summed E-state index contributed by atoms with van der Waals surface area (Å²) in [5.41, 5.74) is 0. The lowest BCUT2D eigenvalue weighted by molar-refractivity contribution is -0.0356. The monoisotopic (exact) mass is 245 g/mol. The van der Waals surface area contributed by atoms with Gasteiger partial charge in [0.05, 0.1) is 12.8 Å². The molecule has 4 aliphatic rings. The van der Waals surface area contributed by atoms with Gasteiger partial charge in [-0.1, -0.05) is 0 Å². The van der Waals surface area contributed by atoms with Crippen molar-refractivity contribution in [3.05, 3.63) is 24.2 Å². The van der Waals surface area contributed by atoms with Crippen LogP contribution >= 0.6 is 0 Å². The second kappa shape index (κ2) is 4.41. The van der Waals surface area contributed by atoms with Crippen molar-refractivity contribution >= 4 is 0 Å². The Hall–Kier alpha value is -0.760. The van der Waals surface area contributed by atoms with Crippen LogP contribution in [-0.4, -0.2) is 6.54 Å². The van der Waals surface area contributed by atoms with Crippen LogP contribution in [0.25, 0.3) is 0 Å². The minimum atomic E-state index is 0.899. The van der Waals surface area contributed by atoms with Crippen LogP contribution in [0, 0.1) is 29.6 Å². The Balaban J connectivity index is 1.35. The summed E-state index contributed by atoms with van der Waals surface area (Å²) < 4.78 is 5.38. The SMILES string of the molecule is c1coc(CNCC2C3CC4CC(C3)CC2C4)c1. The molecule has 4 bridgehead atoms. The maximum atomic E-state index is 5.38. The molecule has 18 heavy (non-hydrogen) atoms. The number of hydrogen-bond donors (Lipinski definition) is 1. The van der Waals surface area contributed by atoms with E-state index in [1.807, 2.05) is 6.07 Å². The lowest BCUT2D eigenvalue weighted by Crippen LogP contribution is -2.48. The van der Waals surface area contributed by atoms with E-state index >= 15 is 0 Å². The van der Waals surface area contributed by atoms with E-state index in [9.17, 15) is 0 Å². The van der Waals surface area contributed by atoms with Crippen LogP contribution in [0.15, 0.2) is 22.8 Å². The van der Waals surface area contributed by atoms with Crippen LogP contribution in [0.2, 0.25) is 0 Å². The fourth-order valence-corrected chi connectivity index (χ4v) is 5.15. The molecule has 4 saturated carbocycles. The fourth-order valence-electron chi connectivity index (χ4n) is 5.15. The van der Waals surface area contributed by atoms with E-state index in [0.29, 0.717) is 0 Å². The van der Waals surface area contributed by atoms with Gasteiger partial charge in [0.1, 0.15) is 5.76 Å². The molecule has 0 spiro atoms. The molecule has 5 rings (SSSR count). The third-order valence-corrected chi connectivity index (χ3v) is 5.68. The molecule has 1 N–H and O–H groups in total. The van der Waals surface area contributed by atoms with E-state index in [1.54, 1.807) is 12.7 Å². The van der Waals surface area contributed by atoms with E-state index < -0.39 is 0 Å². The van der Waals surface area contributed by atoms with E-state index in [2.05, 4.69) is 11.4 Å². The molecule has 0 atom stereocenters. The molecule has 0 aromatic carbocycles. The van der Waals surface area contributed by atoms with Crippen molar-refractivity contribution in [3.8, 4) is 0 Å². The van der Waals surface area contributed by atoms with Crippen LogP contribution in [0.3, 0.4) is 0 Å². The molecular formula is C16H23NO. The highest BCUT2D eigenvalue weighted by atomic mass is 16.3. The predicted molar refractivity (Wildman–Crippen MR) is 70.9 cm³/mol. The average molecular weight is 245 g/mol. The minimum absolute atomic E-state index is 0.899. The normalized spacial score (nSPS) is 41.4. The van der Waals surface area contributed by atoms with E-state index in [0.717, 1.165) is 41.9 Å².